The second-order valence-electron chi connectivity index (χ2n) is 3.64. The molecule has 8 heteroatoms. The molecule has 88 valence electrons. The van der Waals surface area contributed by atoms with E-state index in [1.54, 1.807) is 11.8 Å². The average Bonchev–Trinajstić information content (AvgIpc) is 2.84. The van der Waals surface area contributed by atoms with Crippen molar-refractivity contribution < 1.29 is 10.0 Å². The van der Waals surface area contributed by atoms with Crippen molar-refractivity contribution in [3.8, 4) is 0 Å². The van der Waals surface area contributed by atoms with Crippen molar-refractivity contribution in [1.82, 2.24) is 4.98 Å². The van der Waals surface area contributed by atoms with E-state index in [0.717, 1.165) is 23.5 Å². The maximum Gasteiger partial charge on any atom is 0.345 e. The molecule has 1 aromatic rings. The Bertz CT molecular complexity index is 390. The first kappa shape index (κ1) is 11.6. The third-order valence-corrected chi connectivity index (χ3v) is 4.47. The van der Waals surface area contributed by atoms with Crippen LogP contribution in [-0.4, -0.2) is 38.7 Å². The highest BCUT2D eigenvalue weighted by molar-refractivity contribution is 7.99. The molecule has 0 spiro atoms. The second kappa shape index (κ2) is 4.56. The molecule has 6 nitrogen and oxygen atoms in total. The quantitative estimate of drug-likeness (QED) is 0.628. The molecule has 1 aliphatic heterocycles. The Kier molecular flexibility index (Phi) is 3.31. The first-order chi connectivity index (χ1) is 7.59. The summed E-state index contributed by atoms with van der Waals surface area (Å²) in [6.07, 6.45) is 1.97. The lowest BCUT2D eigenvalue weighted by Gasteiger charge is -2.20. The Balaban J connectivity index is 1.91. The molecule has 16 heavy (non-hydrogen) atoms. The van der Waals surface area contributed by atoms with Gasteiger partial charge in [0, 0.05) is 12.3 Å². The molecule has 0 radical (unpaired) electrons. The van der Waals surface area contributed by atoms with Crippen LogP contribution in [0.5, 0.6) is 0 Å². The van der Waals surface area contributed by atoms with Crippen molar-refractivity contribution >= 4 is 33.2 Å². The van der Waals surface area contributed by atoms with Gasteiger partial charge in [-0.1, -0.05) is 0 Å². The Morgan fingerprint density at radius 1 is 1.75 bits per heavy atom. The monoisotopic (exact) mass is 261 g/mol. The minimum atomic E-state index is -0.703. The number of aromatic nitrogens is 1. The van der Waals surface area contributed by atoms with Crippen molar-refractivity contribution in [2.45, 2.75) is 12.0 Å². The third kappa shape index (κ3) is 2.63. The number of anilines is 1. The molecule has 2 heterocycles. The zero-order valence-electron chi connectivity index (χ0n) is 8.38. The number of thioether (sulfide) groups is 1. The molecule has 0 bridgehead atoms. The fourth-order valence-electron chi connectivity index (χ4n) is 1.41. The molecular weight excluding hydrogens is 250 g/mol. The van der Waals surface area contributed by atoms with Crippen molar-refractivity contribution in [1.29, 1.82) is 0 Å². The lowest BCUT2D eigenvalue weighted by Crippen LogP contribution is -2.36. The number of thiazole rings is 1. The van der Waals surface area contributed by atoms with Gasteiger partial charge in [0.15, 0.2) is 5.13 Å². The van der Waals surface area contributed by atoms with Gasteiger partial charge in [-0.25, -0.2) is 4.98 Å². The van der Waals surface area contributed by atoms with Crippen molar-refractivity contribution in [2.75, 3.05) is 23.4 Å². The fourth-order valence-corrected chi connectivity index (χ4v) is 3.33. The molecule has 0 aromatic carbocycles. The fraction of sp³-hybridized carbons (Fsp3) is 0.625. The van der Waals surface area contributed by atoms with E-state index in [0.29, 0.717) is 17.4 Å². The predicted octanol–water partition coefficient (Wildman–Crippen LogP) is 1.33. The van der Waals surface area contributed by atoms with E-state index in [-0.39, 0.29) is 5.00 Å². The van der Waals surface area contributed by atoms with Gasteiger partial charge in [-0.15, -0.1) is 0 Å². The van der Waals surface area contributed by atoms with Gasteiger partial charge in [0.2, 0.25) is 0 Å². The van der Waals surface area contributed by atoms with E-state index in [1.807, 2.05) is 0 Å². The average molecular weight is 261 g/mol. The van der Waals surface area contributed by atoms with Gasteiger partial charge in [-0.05, 0) is 23.5 Å². The number of nitro groups is 1. The van der Waals surface area contributed by atoms with E-state index in [1.165, 1.54) is 6.20 Å². The maximum absolute atomic E-state index is 10.4. The number of aliphatic hydroxyl groups is 1. The summed E-state index contributed by atoms with van der Waals surface area (Å²) in [7, 11) is 0. The first-order valence-corrected chi connectivity index (χ1v) is 6.70. The number of nitrogens with one attached hydrogen (secondary N) is 1. The molecule has 1 saturated heterocycles. The smallest absolute Gasteiger partial charge is 0.345 e. The third-order valence-electron chi connectivity index (χ3n) is 2.32. The Hall–Kier alpha value is -0.860. The lowest BCUT2D eigenvalue weighted by atomic mass is 10.0. The largest absolute Gasteiger partial charge is 0.387 e. The SMILES string of the molecule is O=[N+]([O-])c1cnc(NCC2(O)CCSC2)s1. The van der Waals surface area contributed by atoms with E-state index in [4.69, 9.17) is 0 Å². The van der Waals surface area contributed by atoms with Gasteiger partial charge >= 0.3 is 5.00 Å². The molecule has 1 fully saturated rings. The van der Waals surface area contributed by atoms with Crippen LogP contribution in [-0.2, 0) is 0 Å². The predicted molar refractivity (Wildman–Crippen MR) is 64.1 cm³/mol. The molecule has 1 atom stereocenters. The molecule has 0 aliphatic carbocycles. The van der Waals surface area contributed by atoms with Crippen LogP contribution in [0.2, 0.25) is 0 Å². The molecule has 2 N–H and O–H groups in total. The normalized spacial score (nSPS) is 24.6. The minimum absolute atomic E-state index is 0.00952. The number of nitrogens with zero attached hydrogens (tertiary/aromatic N) is 2. The maximum atomic E-state index is 10.4. The standard InChI is InChI=1S/C8H11N3O3S2/c12-8(1-2-15-5-8)4-10-7-9-3-6(16-7)11(13)14/h3,12H,1-2,4-5H2,(H,9,10). The summed E-state index contributed by atoms with van der Waals surface area (Å²) in [5.74, 6) is 1.66. The Labute approximate surface area is 100 Å². The highest BCUT2D eigenvalue weighted by atomic mass is 32.2. The van der Waals surface area contributed by atoms with Crippen molar-refractivity contribution in [3.05, 3.63) is 16.3 Å². The lowest BCUT2D eigenvalue weighted by molar-refractivity contribution is -0.380. The van der Waals surface area contributed by atoms with E-state index in [9.17, 15) is 15.2 Å². The molecule has 1 unspecified atom stereocenters. The summed E-state index contributed by atoms with van der Waals surface area (Å²) in [6.45, 7) is 0.394. The van der Waals surface area contributed by atoms with Crippen LogP contribution in [0.1, 0.15) is 6.42 Å². The number of hydrogen-bond donors (Lipinski definition) is 2. The summed E-state index contributed by atoms with van der Waals surface area (Å²) in [6, 6.07) is 0. The first-order valence-electron chi connectivity index (χ1n) is 4.73. The number of rotatable bonds is 4. The van der Waals surface area contributed by atoms with Crippen LogP contribution < -0.4 is 5.32 Å². The summed E-state index contributed by atoms with van der Waals surface area (Å²) in [5, 5.41) is 23.9. The molecule has 2 rings (SSSR count). The molecule has 0 amide bonds. The highest BCUT2D eigenvalue weighted by Gasteiger charge is 2.31. The zero-order chi connectivity index (χ0) is 11.6. The van der Waals surface area contributed by atoms with Gasteiger partial charge in [0.1, 0.15) is 6.20 Å². The van der Waals surface area contributed by atoms with Crippen LogP contribution in [0.3, 0.4) is 0 Å². The van der Waals surface area contributed by atoms with Crippen LogP contribution in [0, 0.1) is 10.1 Å². The van der Waals surface area contributed by atoms with Crippen LogP contribution >= 0.6 is 23.1 Å². The van der Waals surface area contributed by atoms with Gasteiger partial charge in [0.25, 0.3) is 0 Å². The molecule has 0 saturated carbocycles. The minimum Gasteiger partial charge on any atom is -0.387 e. The van der Waals surface area contributed by atoms with Crippen LogP contribution in [0.15, 0.2) is 6.20 Å². The molecule has 1 aromatic heterocycles. The van der Waals surface area contributed by atoms with E-state index < -0.39 is 10.5 Å². The van der Waals surface area contributed by atoms with Gasteiger partial charge in [-0.3, -0.25) is 10.1 Å². The zero-order valence-corrected chi connectivity index (χ0v) is 10.0. The summed E-state index contributed by atoms with van der Waals surface area (Å²) >= 11 is 2.69. The summed E-state index contributed by atoms with van der Waals surface area (Å²) < 4.78 is 0. The van der Waals surface area contributed by atoms with Crippen molar-refractivity contribution in [3.63, 3.8) is 0 Å². The highest BCUT2D eigenvalue weighted by Crippen LogP contribution is 2.30. The Morgan fingerprint density at radius 3 is 3.12 bits per heavy atom. The van der Waals surface area contributed by atoms with E-state index >= 15 is 0 Å². The van der Waals surface area contributed by atoms with Crippen LogP contribution in [0.4, 0.5) is 10.1 Å². The molecule has 1 aliphatic rings. The second-order valence-corrected chi connectivity index (χ2v) is 5.76. The van der Waals surface area contributed by atoms with Gasteiger partial charge in [0.05, 0.1) is 10.5 Å². The van der Waals surface area contributed by atoms with Gasteiger partial charge < -0.3 is 10.4 Å². The van der Waals surface area contributed by atoms with Crippen LogP contribution in [0.25, 0.3) is 0 Å². The summed E-state index contributed by atoms with van der Waals surface area (Å²) in [5.41, 5.74) is -0.703. The van der Waals surface area contributed by atoms with Crippen molar-refractivity contribution in [2.24, 2.45) is 0 Å². The van der Waals surface area contributed by atoms with E-state index in [2.05, 4.69) is 10.3 Å². The Morgan fingerprint density at radius 2 is 2.56 bits per heavy atom. The molecular formula is C8H11N3O3S2. The summed E-state index contributed by atoms with van der Waals surface area (Å²) in [4.78, 5) is 13.8. The topological polar surface area (TPSA) is 88.3 Å². The number of hydrogen-bond acceptors (Lipinski definition) is 7. The van der Waals surface area contributed by atoms with Gasteiger partial charge in [-0.2, -0.15) is 11.8 Å².